The number of rotatable bonds is 8. The molecule has 37 heavy (non-hydrogen) atoms. The minimum atomic E-state index is -0.636. The molecular weight excluding hydrogens is 470 g/mol. The minimum Gasteiger partial charge on any atom is -0.378 e. The summed E-state index contributed by atoms with van der Waals surface area (Å²) in [6, 6.07) is 15.1. The molecule has 0 radical (unpaired) electrons. The molecule has 0 bridgehead atoms. The molecule has 2 aromatic rings. The van der Waals surface area contributed by atoms with Crippen molar-refractivity contribution in [3.63, 3.8) is 0 Å². The number of para-hydroxylation sites is 1. The molecule has 0 spiro atoms. The van der Waals surface area contributed by atoms with Crippen LogP contribution in [-0.2, 0) is 9.59 Å². The van der Waals surface area contributed by atoms with Crippen LogP contribution in [0.4, 0.5) is 16.2 Å². The first-order chi connectivity index (χ1) is 17.8. The maximum absolute atomic E-state index is 13.6. The van der Waals surface area contributed by atoms with E-state index in [1.54, 1.807) is 34.1 Å². The maximum Gasteiger partial charge on any atom is 0.322 e. The van der Waals surface area contributed by atoms with Crippen molar-refractivity contribution in [2.45, 2.75) is 38.3 Å². The topological polar surface area (TPSA) is 102 Å². The third kappa shape index (κ3) is 5.76. The lowest BCUT2D eigenvalue weighted by Gasteiger charge is -2.28. The lowest BCUT2D eigenvalue weighted by molar-refractivity contribution is -0.140. The quantitative estimate of drug-likeness (QED) is 0.574. The molecule has 9 nitrogen and oxygen atoms in total. The highest BCUT2D eigenvalue weighted by molar-refractivity contribution is 6.00. The van der Waals surface area contributed by atoms with Gasteiger partial charge in [0.1, 0.15) is 6.04 Å². The summed E-state index contributed by atoms with van der Waals surface area (Å²) in [5.74, 6) is -0.941. The Morgan fingerprint density at radius 1 is 1.03 bits per heavy atom. The highest BCUT2D eigenvalue weighted by atomic mass is 16.2. The summed E-state index contributed by atoms with van der Waals surface area (Å²) in [7, 11) is 3.87. The van der Waals surface area contributed by atoms with Crippen molar-refractivity contribution >= 4 is 35.0 Å². The van der Waals surface area contributed by atoms with Gasteiger partial charge in [-0.1, -0.05) is 31.5 Å². The molecule has 9 heteroatoms. The molecule has 2 aliphatic rings. The third-order valence-corrected chi connectivity index (χ3v) is 7.13. The molecule has 196 valence electrons. The normalized spacial score (nSPS) is 19.4. The van der Waals surface area contributed by atoms with Gasteiger partial charge in [0.15, 0.2) is 5.78 Å². The molecule has 2 fully saturated rings. The fraction of sp³-hybridized carbons (Fsp3) is 0.429. The predicted molar refractivity (Wildman–Crippen MR) is 143 cm³/mol. The van der Waals surface area contributed by atoms with E-state index in [-0.39, 0.29) is 42.8 Å². The number of Topliss-reactive ketones (excluding diaryl/α,β-unsaturated/α-hetero) is 1. The molecule has 2 saturated heterocycles. The summed E-state index contributed by atoms with van der Waals surface area (Å²) in [4.78, 5) is 57.3. The van der Waals surface area contributed by atoms with Crippen LogP contribution in [-0.4, -0.2) is 79.2 Å². The molecule has 4 rings (SSSR count). The van der Waals surface area contributed by atoms with E-state index < -0.39 is 12.0 Å². The molecule has 3 unspecified atom stereocenters. The fourth-order valence-electron chi connectivity index (χ4n) is 5.18. The molecule has 0 aliphatic carbocycles. The van der Waals surface area contributed by atoms with E-state index in [1.807, 2.05) is 56.3 Å². The Kier molecular flexibility index (Phi) is 8.11. The molecule has 2 N–H and O–H groups in total. The first-order valence-electron chi connectivity index (χ1n) is 12.8. The van der Waals surface area contributed by atoms with Crippen LogP contribution in [0.2, 0.25) is 0 Å². The van der Waals surface area contributed by atoms with E-state index in [2.05, 4.69) is 10.6 Å². The van der Waals surface area contributed by atoms with Gasteiger partial charge < -0.3 is 25.3 Å². The number of carbonyl (C=O) groups excluding carboxylic acids is 4. The Morgan fingerprint density at radius 2 is 1.73 bits per heavy atom. The van der Waals surface area contributed by atoms with Gasteiger partial charge in [0.2, 0.25) is 5.91 Å². The van der Waals surface area contributed by atoms with E-state index in [1.165, 1.54) is 0 Å². The third-order valence-electron chi connectivity index (χ3n) is 7.13. The van der Waals surface area contributed by atoms with Crippen molar-refractivity contribution in [3.05, 3.63) is 60.2 Å². The number of likely N-dealkylation sites (tertiary alicyclic amines) is 2. The lowest BCUT2D eigenvalue weighted by atomic mass is 10.0. The van der Waals surface area contributed by atoms with Gasteiger partial charge in [-0.25, -0.2) is 4.79 Å². The number of amides is 4. The number of carbonyl (C=O) groups is 4. The van der Waals surface area contributed by atoms with Gasteiger partial charge in [0.05, 0.1) is 18.5 Å². The molecule has 0 aromatic heterocycles. The van der Waals surface area contributed by atoms with E-state index in [9.17, 15) is 19.2 Å². The summed E-state index contributed by atoms with van der Waals surface area (Å²) >= 11 is 0. The Morgan fingerprint density at radius 3 is 2.38 bits per heavy atom. The Hall–Kier alpha value is -3.88. The van der Waals surface area contributed by atoms with Gasteiger partial charge in [-0.05, 0) is 49.2 Å². The number of fused-ring (bicyclic) bond motifs is 1. The first kappa shape index (κ1) is 26.2. The largest absolute Gasteiger partial charge is 0.378 e. The smallest absolute Gasteiger partial charge is 0.322 e. The van der Waals surface area contributed by atoms with Crippen LogP contribution in [0.25, 0.3) is 0 Å². The van der Waals surface area contributed by atoms with Gasteiger partial charge in [-0.3, -0.25) is 14.4 Å². The minimum absolute atomic E-state index is 0.0180. The highest BCUT2D eigenvalue weighted by Crippen LogP contribution is 2.32. The van der Waals surface area contributed by atoms with Crippen LogP contribution in [0.3, 0.4) is 0 Å². The van der Waals surface area contributed by atoms with Gasteiger partial charge in [0, 0.05) is 44.1 Å². The van der Waals surface area contributed by atoms with Crippen LogP contribution < -0.4 is 15.5 Å². The Labute approximate surface area is 217 Å². The zero-order valence-electron chi connectivity index (χ0n) is 21.6. The number of hydrogen-bond acceptors (Lipinski definition) is 5. The van der Waals surface area contributed by atoms with Crippen molar-refractivity contribution in [3.8, 4) is 0 Å². The number of nitrogens with one attached hydrogen (secondary N) is 2. The molecule has 2 aromatic carbocycles. The molecule has 2 heterocycles. The Bertz CT molecular complexity index is 1140. The van der Waals surface area contributed by atoms with Crippen LogP contribution in [0.5, 0.6) is 0 Å². The van der Waals surface area contributed by atoms with Crippen molar-refractivity contribution < 1.29 is 19.2 Å². The van der Waals surface area contributed by atoms with E-state index in [0.717, 1.165) is 12.1 Å². The second kappa shape index (κ2) is 11.5. The zero-order valence-corrected chi connectivity index (χ0v) is 21.6. The second-order valence-electron chi connectivity index (χ2n) is 9.86. The molecular formula is C28H35N5O4. The van der Waals surface area contributed by atoms with Crippen LogP contribution in [0.1, 0.15) is 36.5 Å². The van der Waals surface area contributed by atoms with Crippen molar-refractivity contribution in [2.75, 3.05) is 43.9 Å². The zero-order chi connectivity index (χ0) is 26.5. The Balaban J connectivity index is 1.39. The number of ketones is 1. The SMILES string of the molecule is CCCC(CNC(=O)c1ccc(N(C)C)cc1)C(=O)N1CCC2C1C(=O)CN2C(=O)Nc1ccccc1. The van der Waals surface area contributed by atoms with Gasteiger partial charge in [-0.2, -0.15) is 0 Å². The van der Waals surface area contributed by atoms with E-state index >= 15 is 0 Å². The summed E-state index contributed by atoms with van der Waals surface area (Å²) < 4.78 is 0. The van der Waals surface area contributed by atoms with Crippen molar-refractivity contribution in [1.29, 1.82) is 0 Å². The summed E-state index contributed by atoms with van der Waals surface area (Å²) in [5.41, 5.74) is 2.18. The summed E-state index contributed by atoms with van der Waals surface area (Å²) in [5, 5.41) is 5.75. The van der Waals surface area contributed by atoms with Gasteiger partial charge >= 0.3 is 6.03 Å². The second-order valence-corrected chi connectivity index (χ2v) is 9.86. The first-order valence-corrected chi connectivity index (χ1v) is 12.8. The number of hydrogen-bond donors (Lipinski definition) is 2. The van der Waals surface area contributed by atoms with Gasteiger partial charge in [-0.15, -0.1) is 0 Å². The average Bonchev–Trinajstić information content (AvgIpc) is 3.48. The van der Waals surface area contributed by atoms with Crippen LogP contribution in [0, 0.1) is 5.92 Å². The maximum atomic E-state index is 13.6. The fourth-order valence-corrected chi connectivity index (χ4v) is 5.18. The molecule has 4 amide bonds. The number of nitrogens with zero attached hydrogens (tertiary/aromatic N) is 3. The molecule has 0 saturated carbocycles. The van der Waals surface area contributed by atoms with Gasteiger partial charge in [0.25, 0.3) is 5.91 Å². The van der Waals surface area contributed by atoms with Crippen molar-refractivity contribution in [1.82, 2.24) is 15.1 Å². The average molecular weight is 506 g/mol. The molecule has 2 aliphatic heterocycles. The summed E-state index contributed by atoms with van der Waals surface area (Å²) in [6.45, 7) is 2.58. The standard InChI is InChI=1S/C28H35N5O4/c1-4-8-20(17-29-26(35)19-11-13-22(14-12-19)31(2)3)27(36)32-16-15-23-25(32)24(34)18-33(23)28(37)30-21-9-6-5-7-10-21/h5-7,9-14,20,23,25H,4,8,15-18H2,1-3H3,(H,29,35)(H,30,37). The monoisotopic (exact) mass is 505 g/mol. The van der Waals surface area contributed by atoms with Crippen LogP contribution in [0.15, 0.2) is 54.6 Å². The van der Waals surface area contributed by atoms with E-state index in [4.69, 9.17) is 0 Å². The van der Waals surface area contributed by atoms with Crippen LogP contribution >= 0.6 is 0 Å². The molecule has 3 atom stereocenters. The number of anilines is 2. The lowest BCUT2D eigenvalue weighted by Crippen LogP contribution is -2.48. The predicted octanol–water partition coefficient (Wildman–Crippen LogP) is 2.99. The number of benzene rings is 2. The number of urea groups is 1. The van der Waals surface area contributed by atoms with E-state index in [0.29, 0.717) is 30.6 Å². The highest BCUT2D eigenvalue weighted by Gasteiger charge is 2.52. The van der Waals surface area contributed by atoms with Crippen molar-refractivity contribution in [2.24, 2.45) is 5.92 Å². The summed E-state index contributed by atoms with van der Waals surface area (Å²) in [6.07, 6.45) is 1.91.